The second kappa shape index (κ2) is 8.77. The molecule has 1 heterocycles. The van der Waals surface area contributed by atoms with Gasteiger partial charge >= 0.3 is 5.97 Å². The van der Waals surface area contributed by atoms with E-state index in [2.05, 4.69) is 10.3 Å². The van der Waals surface area contributed by atoms with Crippen LogP contribution < -0.4 is 5.32 Å². The monoisotopic (exact) mass is 384 g/mol. The van der Waals surface area contributed by atoms with Gasteiger partial charge in [0.15, 0.2) is 5.13 Å². The minimum atomic E-state index is -0.780. The molecule has 0 amide bonds. The summed E-state index contributed by atoms with van der Waals surface area (Å²) in [5.74, 6) is -1.43. The summed E-state index contributed by atoms with van der Waals surface area (Å²) in [6.07, 6.45) is 1.48. The summed E-state index contributed by atoms with van der Waals surface area (Å²) in [4.78, 5) is 15.8. The van der Waals surface area contributed by atoms with E-state index in [0.29, 0.717) is 13.0 Å². The standard InChI is InChI=1S/C21H21FN2O2S/c1-2-3-17(20(25)26)12-23-21-24-19(13-27-21)16-6-4-14(5-7-16)15-8-10-18(22)11-9-15/h4-11,13,17H,2-3,12H2,1H3,(H,23,24)(H,25,26). The molecule has 1 atom stereocenters. The molecule has 3 rings (SSSR count). The molecular formula is C21H21FN2O2S. The van der Waals surface area contributed by atoms with E-state index in [4.69, 9.17) is 0 Å². The Hall–Kier alpha value is -2.73. The van der Waals surface area contributed by atoms with E-state index in [1.807, 2.05) is 36.6 Å². The highest BCUT2D eigenvalue weighted by Gasteiger charge is 2.16. The second-order valence-electron chi connectivity index (χ2n) is 6.33. The first-order chi connectivity index (χ1) is 13.1. The summed E-state index contributed by atoms with van der Waals surface area (Å²) >= 11 is 1.46. The second-order valence-corrected chi connectivity index (χ2v) is 7.18. The van der Waals surface area contributed by atoms with Gasteiger partial charge in [-0.25, -0.2) is 9.37 Å². The fraction of sp³-hybridized carbons (Fsp3) is 0.238. The summed E-state index contributed by atoms with van der Waals surface area (Å²) in [6, 6.07) is 14.3. The third-order valence-corrected chi connectivity index (χ3v) is 5.15. The van der Waals surface area contributed by atoms with Crippen LogP contribution in [0.15, 0.2) is 53.9 Å². The summed E-state index contributed by atoms with van der Waals surface area (Å²) < 4.78 is 13.0. The van der Waals surface area contributed by atoms with Gasteiger partial charge < -0.3 is 10.4 Å². The first-order valence-corrected chi connectivity index (χ1v) is 9.73. The number of anilines is 1. The van der Waals surface area contributed by atoms with Crippen LogP contribution >= 0.6 is 11.3 Å². The van der Waals surface area contributed by atoms with E-state index < -0.39 is 11.9 Å². The Bertz CT molecular complexity index is 891. The van der Waals surface area contributed by atoms with Gasteiger partial charge in [-0.1, -0.05) is 49.7 Å². The molecule has 0 saturated heterocycles. The van der Waals surface area contributed by atoms with Crippen molar-refractivity contribution in [2.75, 3.05) is 11.9 Å². The number of aliphatic carboxylic acids is 1. The van der Waals surface area contributed by atoms with Gasteiger partial charge in [-0.15, -0.1) is 11.3 Å². The van der Waals surface area contributed by atoms with Gasteiger partial charge in [-0.2, -0.15) is 0 Å². The minimum Gasteiger partial charge on any atom is -0.481 e. The molecule has 0 radical (unpaired) electrons. The molecule has 2 aromatic carbocycles. The number of aromatic nitrogens is 1. The maximum atomic E-state index is 13.0. The molecule has 6 heteroatoms. The predicted molar refractivity (Wildman–Crippen MR) is 107 cm³/mol. The Kier molecular flexibility index (Phi) is 6.19. The smallest absolute Gasteiger partial charge is 0.308 e. The van der Waals surface area contributed by atoms with E-state index in [1.165, 1.54) is 23.5 Å². The molecule has 0 bridgehead atoms. The normalized spacial score (nSPS) is 11.9. The average Bonchev–Trinajstić information content (AvgIpc) is 3.15. The fourth-order valence-corrected chi connectivity index (χ4v) is 3.56. The van der Waals surface area contributed by atoms with Gasteiger partial charge in [0.2, 0.25) is 0 Å². The molecule has 0 aliphatic carbocycles. The number of hydrogen-bond donors (Lipinski definition) is 2. The maximum Gasteiger partial charge on any atom is 0.308 e. The number of hydrogen-bond acceptors (Lipinski definition) is 4. The molecule has 140 valence electrons. The first kappa shape index (κ1) is 19.0. The number of halogens is 1. The van der Waals surface area contributed by atoms with E-state index in [-0.39, 0.29) is 5.82 Å². The van der Waals surface area contributed by atoms with Crippen LogP contribution in [0.25, 0.3) is 22.4 Å². The molecule has 0 aliphatic heterocycles. The van der Waals surface area contributed by atoms with E-state index in [9.17, 15) is 14.3 Å². The molecular weight excluding hydrogens is 363 g/mol. The lowest BCUT2D eigenvalue weighted by Gasteiger charge is -2.11. The lowest BCUT2D eigenvalue weighted by atomic mass is 10.0. The number of benzene rings is 2. The number of nitrogens with one attached hydrogen (secondary N) is 1. The predicted octanol–water partition coefficient (Wildman–Crippen LogP) is 5.53. The highest BCUT2D eigenvalue weighted by Crippen LogP contribution is 2.28. The van der Waals surface area contributed by atoms with Crippen LogP contribution in [0.4, 0.5) is 9.52 Å². The van der Waals surface area contributed by atoms with Crippen LogP contribution in [0.2, 0.25) is 0 Å². The van der Waals surface area contributed by atoms with Crippen molar-refractivity contribution in [3.63, 3.8) is 0 Å². The van der Waals surface area contributed by atoms with Crippen molar-refractivity contribution in [1.29, 1.82) is 0 Å². The summed E-state index contributed by atoms with van der Waals surface area (Å²) in [5, 5.41) is 15.0. The van der Waals surface area contributed by atoms with Crippen LogP contribution in [0.3, 0.4) is 0 Å². The van der Waals surface area contributed by atoms with Gasteiger partial charge in [-0.3, -0.25) is 4.79 Å². The van der Waals surface area contributed by atoms with E-state index in [1.54, 1.807) is 12.1 Å². The zero-order valence-electron chi connectivity index (χ0n) is 15.0. The maximum absolute atomic E-state index is 13.0. The summed E-state index contributed by atoms with van der Waals surface area (Å²) in [6.45, 7) is 2.35. The quantitative estimate of drug-likeness (QED) is 0.536. The van der Waals surface area contributed by atoms with Gasteiger partial charge in [0, 0.05) is 17.5 Å². The van der Waals surface area contributed by atoms with Crippen LogP contribution in [0, 0.1) is 11.7 Å². The Morgan fingerprint density at radius 1 is 1.11 bits per heavy atom. The Balaban J connectivity index is 1.67. The van der Waals surface area contributed by atoms with Gasteiger partial charge in [0.25, 0.3) is 0 Å². The molecule has 1 aromatic heterocycles. The molecule has 2 N–H and O–H groups in total. The van der Waals surface area contributed by atoms with Crippen molar-refractivity contribution >= 4 is 22.4 Å². The van der Waals surface area contributed by atoms with Crippen LogP contribution in [0.5, 0.6) is 0 Å². The van der Waals surface area contributed by atoms with Gasteiger partial charge in [0.1, 0.15) is 5.82 Å². The number of carboxylic acid groups (broad SMARTS) is 1. The molecule has 27 heavy (non-hydrogen) atoms. The lowest BCUT2D eigenvalue weighted by molar-refractivity contribution is -0.141. The number of carbonyl (C=O) groups is 1. The first-order valence-electron chi connectivity index (χ1n) is 8.85. The Morgan fingerprint density at radius 3 is 2.30 bits per heavy atom. The van der Waals surface area contributed by atoms with E-state index >= 15 is 0 Å². The largest absolute Gasteiger partial charge is 0.481 e. The van der Waals surface area contributed by atoms with Gasteiger partial charge in [0.05, 0.1) is 11.6 Å². The number of thiazole rings is 1. The van der Waals surface area contributed by atoms with Crippen LogP contribution in [-0.4, -0.2) is 22.6 Å². The van der Waals surface area contributed by atoms with Crippen LogP contribution in [-0.2, 0) is 4.79 Å². The number of carboxylic acids is 1. The molecule has 0 fully saturated rings. The lowest BCUT2D eigenvalue weighted by Crippen LogP contribution is -2.22. The topological polar surface area (TPSA) is 62.2 Å². The minimum absolute atomic E-state index is 0.248. The van der Waals surface area contributed by atoms with Crippen molar-refractivity contribution in [3.05, 3.63) is 59.7 Å². The van der Waals surface area contributed by atoms with Crippen molar-refractivity contribution in [2.24, 2.45) is 5.92 Å². The van der Waals surface area contributed by atoms with Gasteiger partial charge in [-0.05, 0) is 29.7 Å². The highest BCUT2D eigenvalue weighted by atomic mass is 32.1. The molecule has 1 unspecified atom stereocenters. The molecule has 0 spiro atoms. The third-order valence-electron chi connectivity index (χ3n) is 4.35. The fourth-order valence-electron chi connectivity index (χ4n) is 2.84. The molecule has 0 aliphatic rings. The Labute approximate surface area is 161 Å². The van der Waals surface area contributed by atoms with Crippen molar-refractivity contribution < 1.29 is 14.3 Å². The van der Waals surface area contributed by atoms with E-state index in [0.717, 1.165) is 33.9 Å². The highest BCUT2D eigenvalue weighted by molar-refractivity contribution is 7.14. The average molecular weight is 384 g/mol. The molecule has 3 aromatic rings. The SMILES string of the molecule is CCCC(CNc1nc(-c2ccc(-c3ccc(F)cc3)cc2)cs1)C(=O)O. The summed E-state index contributed by atoms with van der Waals surface area (Å²) in [5.41, 5.74) is 3.79. The molecule has 4 nitrogen and oxygen atoms in total. The van der Waals surface area contributed by atoms with Crippen molar-refractivity contribution in [2.45, 2.75) is 19.8 Å². The number of nitrogens with zero attached hydrogens (tertiary/aromatic N) is 1. The molecule has 0 saturated carbocycles. The zero-order valence-corrected chi connectivity index (χ0v) is 15.8. The van der Waals surface area contributed by atoms with Crippen molar-refractivity contribution in [1.82, 2.24) is 4.98 Å². The summed E-state index contributed by atoms with van der Waals surface area (Å²) in [7, 11) is 0. The zero-order chi connectivity index (χ0) is 19.2. The Morgan fingerprint density at radius 2 is 1.70 bits per heavy atom. The van der Waals surface area contributed by atoms with Crippen LogP contribution in [0.1, 0.15) is 19.8 Å². The third kappa shape index (κ3) is 4.92. The number of rotatable bonds is 8. The van der Waals surface area contributed by atoms with Crippen molar-refractivity contribution in [3.8, 4) is 22.4 Å².